The molecule has 0 aliphatic heterocycles. The van der Waals surface area contributed by atoms with E-state index < -0.39 is 0 Å². The van der Waals surface area contributed by atoms with Crippen LogP contribution in [0, 0.1) is 0 Å². The largest absolute Gasteiger partial charge is 0.301 e. The Hall–Kier alpha value is -2.14. The van der Waals surface area contributed by atoms with Gasteiger partial charge in [-0.2, -0.15) is 0 Å². The molecule has 1 saturated carbocycles. The first-order chi connectivity index (χ1) is 11.4. The van der Waals surface area contributed by atoms with Crippen molar-refractivity contribution in [2.75, 3.05) is 0 Å². The first-order valence-electron chi connectivity index (χ1n) is 7.90. The highest BCUT2D eigenvalue weighted by molar-refractivity contribution is 7.98. The molecule has 1 aromatic carbocycles. The first kappa shape index (κ1) is 14.5. The van der Waals surface area contributed by atoms with Gasteiger partial charge in [0.2, 0.25) is 0 Å². The fourth-order valence-corrected chi connectivity index (χ4v) is 3.45. The summed E-state index contributed by atoms with van der Waals surface area (Å²) in [6.07, 6.45) is 4.30. The second-order valence-corrected chi connectivity index (χ2v) is 6.74. The average Bonchev–Trinajstić information content (AvgIpc) is 3.37. The maximum Gasteiger partial charge on any atom is 0.191 e. The van der Waals surface area contributed by atoms with Crippen molar-refractivity contribution in [2.24, 2.45) is 0 Å². The summed E-state index contributed by atoms with van der Waals surface area (Å²) in [5.74, 6) is 2.55. The van der Waals surface area contributed by atoms with Crippen molar-refractivity contribution in [2.45, 2.75) is 36.2 Å². The zero-order chi connectivity index (χ0) is 15.5. The Kier molecular flexibility index (Phi) is 4.11. The average molecular weight is 322 g/mol. The molecule has 3 aromatic rings. The molecule has 23 heavy (non-hydrogen) atoms. The Morgan fingerprint density at radius 2 is 1.83 bits per heavy atom. The predicted octanol–water partition coefficient (Wildman–Crippen LogP) is 3.89. The van der Waals surface area contributed by atoms with Gasteiger partial charge in [-0.15, -0.1) is 10.2 Å². The van der Waals surface area contributed by atoms with Crippen molar-refractivity contribution in [1.29, 1.82) is 0 Å². The number of rotatable bonds is 6. The molecule has 0 radical (unpaired) electrons. The van der Waals surface area contributed by atoms with Gasteiger partial charge in [-0.3, -0.25) is 4.98 Å². The third-order valence-electron chi connectivity index (χ3n) is 3.95. The highest BCUT2D eigenvalue weighted by Crippen LogP contribution is 2.40. The number of hydrogen-bond acceptors (Lipinski definition) is 4. The van der Waals surface area contributed by atoms with Crippen molar-refractivity contribution < 1.29 is 0 Å². The summed E-state index contributed by atoms with van der Waals surface area (Å²) in [5.41, 5.74) is 2.36. The Morgan fingerprint density at radius 3 is 2.57 bits per heavy atom. The zero-order valence-corrected chi connectivity index (χ0v) is 13.6. The molecule has 0 amide bonds. The van der Waals surface area contributed by atoms with E-state index in [9.17, 15) is 0 Å². The number of aromatic nitrogens is 4. The fraction of sp³-hybridized carbons (Fsp3) is 0.278. The molecular weight excluding hydrogens is 304 g/mol. The molecule has 116 valence electrons. The predicted molar refractivity (Wildman–Crippen MR) is 91.3 cm³/mol. The number of pyridine rings is 1. The minimum absolute atomic E-state index is 0.593. The Labute approximate surface area is 140 Å². The van der Waals surface area contributed by atoms with Gasteiger partial charge in [-0.1, -0.05) is 48.2 Å². The van der Waals surface area contributed by atoms with E-state index in [4.69, 9.17) is 0 Å². The molecule has 0 saturated heterocycles. The normalized spacial score (nSPS) is 14.1. The van der Waals surface area contributed by atoms with Crippen molar-refractivity contribution in [3.05, 3.63) is 71.8 Å². The van der Waals surface area contributed by atoms with E-state index in [-0.39, 0.29) is 0 Å². The second-order valence-electron chi connectivity index (χ2n) is 5.80. The van der Waals surface area contributed by atoms with Crippen molar-refractivity contribution >= 4 is 11.8 Å². The van der Waals surface area contributed by atoms with Gasteiger partial charge in [0, 0.05) is 17.9 Å². The number of benzene rings is 1. The molecule has 1 fully saturated rings. The highest BCUT2D eigenvalue weighted by atomic mass is 32.2. The minimum atomic E-state index is 0.593. The zero-order valence-electron chi connectivity index (χ0n) is 12.8. The van der Waals surface area contributed by atoms with Crippen LogP contribution < -0.4 is 0 Å². The van der Waals surface area contributed by atoms with Crippen LogP contribution in [-0.2, 0) is 12.3 Å². The van der Waals surface area contributed by atoms with E-state index in [0.29, 0.717) is 5.92 Å². The van der Waals surface area contributed by atoms with E-state index >= 15 is 0 Å². The summed E-state index contributed by atoms with van der Waals surface area (Å²) < 4.78 is 2.28. The van der Waals surface area contributed by atoms with Gasteiger partial charge in [-0.05, 0) is 30.5 Å². The van der Waals surface area contributed by atoms with Gasteiger partial charge < -0.3 is 4.57 Å². The molecule has 0 spiro atoms. The molecule has 0 N–H and O–H groups in total. The van der Waals surface area contributed by atoms with E-state index in [1.807, 2.05) is 30.5 Å². The van der Waals surface area contributed by atoms with Crippen molar-refractivity contribution in [1.82, 2.24) is 19.7 Å². The third kappa shape index (κ3) is 3.45. The summed E-state index contributed by atoms with van der Waals surface area (Å²) in [6, 6.07) is 16.5. The Morgan fingerprint density at radius 1 is 1.00 bits per heavy atom. The molecular formula is C18H18N4S. The molecule has 4 rings (SSSR count). The van der Waals surface area contributed by atoms with Crippen LogP contribution in [0.3, 0.4) is 0 Å². The number of hydrogen-bond donors (Lipinski definition) is 0. The van der Waals surface area contributed by atoms with E-state index in [0.717, 1.165) is 29.0 Å². The lowest BCUT2D eigenvalue weighted by Crippen LogP contribution is -2.06. The smallest absolute Gasteiger partial charge is 0.191 e. The van der Waals surface area contributed by atoms with Crippen LogP contribution in [-0.4, -0.2) is 19.7 Å². The van der Waals surface area contributed by atoms with Crippen LogP contribution >= 0.6 is 11.8 Å². The molecule has 2 heterocycles. The quantitative estimate of drug-likeness (QED) is 0.646. The summed E-state index contributed by atoms with van der Waals surface area (Å²) >= 11 is 1.71. The summed E-state index contributed by atoms with van der Waals surface area (Å²) in [6.45, 7) is 0.838. The van der Waals surface area contributed by atoms with Crippen LogP contribution in [0.4, 0.5) is 0 Å². The van der Waals surface area contributed by atoms with Gasteiger partial charge in [0.1, 0.15) is 5.82 Å². The molecule has 2 aromatic heterocycles. The van der Waals surface area contributed by atoms with Crippen LogP contribution in [0.5, 0.6) is 0 Å². The maximum absolute atomic E-state index is 4.46. The summed E-state index contributed by atoms with van der Waals surface area (Å²) in [5, 5.41) is 9.88. The first-order valence-corrected chi connectivity index (χ1v) is 8.88. The molecule has 1 aliphatic rings. The fourth-order valence-electron chi connectivity index (χ4n) is 2.59. The van der Waals surface area contributed by atoms with E-state index in [1.54, 1.807) is 11.8 Å². The van der Waals surface area contributed by atoms with Crippen molar-refractivity contribution in [3.63, 3.8) is 0 Å². The minimum Gasteiger partial charge on any atom is -0.301 e. The van der Waals surface area contributed by atoms with E-state index in [1.165, 1.54) is 18.4 Å². The monoisotopic (exact) mass is 322 g/mol. The molecule has 0 unspecified atom stereocenters. The van der Waals surface area contributed by atoms with Gasteiger partial charge in [0.05, 0.1) is 12.2 Å². The van der Waals surface area contributed by atoms with Gasteiger partial charge in [0.15, 0.2) is 5.16 Å². The van der Waals surface area contributed by atoms with Gasteiger partial charge >= 0.3 is 0 Å². The second kappa shape index (κ2) is 6.54. The molecule has 0 atom stereocenters. The van der Waals surface area contributed by atoms with Crippen LogP contribution in [0.2, 0.25) is 0 Å². The Balaban J connectivity index is 1.56. The summed E-state index contributed by atoms with van der Waals surface area (Å²) in [4.78, 5) is 4.38. The highest BCUT2D eigenvalue weighted by Gasteiger charge is 2.30. The Bertz CT molecular complexity index is 766. The maximum atomic E-state index is 4.46. The van der Waals surface area contributed by atoms with Crippen LogP contribution in [0.25, 0.3) is 0 Å². The van der Waals surface area contributed by atoms with Gasteiger partial charge in [0.25, 0.3) is 0 Å². The van der Waals surface area contributed by atoms with Crippen LogP contribution in [0.1, 0.15) is 35.8 Å². The van der Waals surface area contributed by atoms with Crippen LogP contribution in [0.15, 0.2) is 59.9 Å². The lowest BCUT2D eigenvalue weighted by Gasteiger charge is -2.10. The third-order valence-corrected chi connectivity index (χ3v) is 4.95. The summed E-state index contributed by atoms with van der Waals surface area (Å²) in [7, 11) is 0. The molecule has 4 nitrogen and oxygen atoms in total. The lowest BCUT2D eigenvalue weighted by atomic mass is 10.2. The molecule has 1 aliphatic carbocycles. The lowest BCUT2D eigenvalue weighted by molar-refractivity contribution is 0.667. The topological polar surface area (TPSA) is 43.6 Å². The van der Waals surface area contributed by atoms with Crippen molar-refractivity contribution in [3.8, 4) is 0 Å². The van der Waals surface area contributed by atoms with E-state index in [2.05, 4.69) is 44.0 Å². The SMILES string of the molecule is c1ccc(Cn2c(SCc3ccccn3)nnc2C2CC2)cc1. The standard InChI is InChI=1S/C18H18N4S/c1-2-6-14(7-3-1)12-22-17(15-9-10-15)20-21-18(22)23-13-16-8-4-5-11-19-16/h1-8,11,15H,9-10,12-13H2. The molecule has 5 heteroatoms. The molecule has 0 bridgehead atoms. The number of thioether (sulfide) groups is 1. The van der Waals surface area contributed by atoms with Gasteiger partial charge in [-0.25, -0.2) is 0 Å². The number of nitrogens with zero attached hydrogens (tertiary/aromatic N) is 4.